The number of hydrazone groups is 1. The van der Waals surface area contributed by atoms with Gasteiger partial charge in [0.2, 0.25) is 0 Å². The molecule has 2 rings (SSSR count). The van der Waals surface area contributed by atoms with E-state index in [9.17, 15) is 0 Å². The van der Waals surface area contributed by atoms with Crippen molar-refractivity contribution < 1.29 is 9.47 Å². The highest BCUT2D eigenvalue weighted by Crippen LogP contribution is 2.29. The molecule has 7 heteroatoms. The lowest BCUT2D eigenvalue weighted by molar-refractivity contribution is 0.284. The molecule has 0 fully saturated rings. The highest BCUT2D eigenvalue weighted by Gasteiger charge is 2.07. The fourth-order valence-corrected chi connectivity index (χ4v) is 2.59. The van der Waals surface area contributed by atoms with Gasteiger partial charge in [-0.25, -0.2) is 0 Å². The molecule has 0 atom stereocenters. The lowest BCUT2D eigenvalue weighted by Crippen LogP contribution is -2.36. The largest absolute Gasteiger partial charge is 0.493 e. The minimum absolute atomic E-state index is 0.250. The number of rotatable bonds is 7. The van der Waals surface area contributed by atoms with E-state index < -0.39 is 0 Å². The van der Waals surface area contributed by atoms with Crippen LogP contribution < -0.4 is 20.2 Å². The van der Waals surface area contributed by atoms with Crippen LogP contribution in [0.25, 0.3) is 0 Å². The Bertz CT molecular complexity index is 781. The van der Waals surface area contributed by atoms with Crippen LogP contribution in [-0.2, 0) is 6.61 Å². The van der Waals surface area contributed by atoms with Crippen molar-refractivity contribution in [3.8, 4) is 11.5 Å². The Morgan fingerprint density at radius 2 is 2.00 bits per heavy atom. The number of nitrogens with one attached hydrogen (secondary N) is 2. The quantitative estimate of drug-likeness (QED) is 0.422. The third kappa shape index (κ3) is 6.20. The van der Waals surface area contributed by atoms with E-state index in [0.717, 1.165) is 11.1 Å². The Hall–Kier alpha value is -2.31. The normalized spacial score (nSPS) is 10.8. The summed E-state index contributed by atoms with van der Waals surface area (Å²) in [6, 6.07) is 13.4. The average molecular weight is 392 g/mol. The van der Waals surface area contributed by atoms with Crippen molar-refractivity contribution in [2.75, 3.05) is 7.11 Å². The van der Waals surface area contributed by atoms with E-state index in [2.05, 4.69) is 15.8 Å². The molecule has 0 bridgehead atoms. The Balaban J connectivity index is 2.00. The van der Waals surface area contributed by atoms with E-state index in [1.165, 1.54) is 0 Å². The van der Waals surface area contributed by atoms with Gasteiger partial charge in [-0.3, -0.25) is 5.43 Å². The van der Waals surface area contributed by atoms with Crippen molar-refractivity contribution >= 4 is 35.1 Å². The van der Waals surface area contributed by atoms with Gasteiger partial charge < -0.3 is 14.8 Å². The van der Waals surface area contributed by atoms with Crippen LogP contribution in [0.5, 0.6) is 11.5 Å². The van der Waals surface area contributed by atoms with E-state index >= 15 is 0 Å². The second-order valence-corrected chi connectivity index (χ2v) is 6.60. The molecule has 0 radical (unpaired) electrons. The summed E-state index contributed by atoms with van der Waals surface area (Å²) in [6.45, 7) is 4.37. The number of hydrogen-bond acceptors (Lipinski definition) is 4. The number of ether oxygens (including phenoxy) is 2. The molecule has 0 aliphatic carbocycles. The van der Waals surface area contributed by atoms with Crippen LogP contribution in [0.4, 0.5) is 0 Å². The molecule has 0 aliphatic rings. The third-order valence-corrected chi connectivity index (χ3v) is 3.91. The van der Waals surface area contributed by atoms with Crippen LogP contribution in [-0.4, -0.2) is 24.5 Å². The molecule has 2 aromatic carbocycles. The predicted octanol–water partition coefficient (Wildman–Crippen LogP) is 4.13. The zero-order valence-electron chi connectivity index (χ0n) is 15.0. The van der Waals surface area contributed by atoms with Gasteiger partial charge in [-0.1, -0.05) is 29.8 Å². The van der Waals surface area contributed by atoms with Gasteiger partial charge in [0, 0.05) is 16.6 Å². The molecule has 0 saturated heterocycles. The summed E-state index contributed by atoms with van der Waals surface area (Å²) in [6.07, 6.45) is 1.66. The summed E-state index contributed by atoms with van der Waals surface area (Å²) < 4.78 is 11.2. The number of nitrogens with zero attached hydrogens (tertiary/aromatic N) is 1. The van der Waals surface area contributed by atoms with Gasteiger partial charge in [-0.15, -0.1) is 0 Å². The number of hydrogen-bond donors (Lipinski definition) is 2. The number of benzene rings is 2. The standard InChI is InChI=1S/C19H22ClN3O2S/c1-13(2)22-19(26)23-21-11-14-8-9-17(18(10-14)24-3)25-12-15-6-4-5-7-16(15)20/h4-11,13H,12H2,1-3H3,(H2,22,23,26). The number of thiocarbonyl (C=S) groups is 1. The fraction of sp³-hybridized carbons (Fsp3) is 0.263. The van der Waals surface area contributed by atoms with Crippen LogP contribution in [0.2, 0.25) is 5.02 Å². The molecule has 0 heterocycles. The maximum Gasteiger partial charge on any atom is 0.187 e. The number of methoxy groups -OCH3 is 1. The molecule has 0 unspecified atom stereocenters. The maximum absolute atomic E-state index is 6.15. The van der Waals surface area contributed by atoms with Gasteiger partial charge in [-0.05, 0) is 55.9 Å². The highest BCUT2D eigenvalue weighted by atomic mass is 35.5. The first kappa shape index (κ1) is 20.0. The van der Waals surface area contributed by atoms with Crippen molar-refractivity contribution in [1.82, 2.24) is 10.7 Å². The summed E-state index contributed by atoms with van der Waals surface area (Å²) in [4.78, 5) is 0. The van der Waals surface area contributed by atoms with E-state index in [1.54, 1.807) is 13.3 Å². The first-order valence-electron chi connectivity index (χ1n) is 8.13. The zero-order chi connectivity index (χ0) is 18.9. The molecule has 0 amide bonds. The highest BCUT2D eigenvalue weighted by molar-refractivity contribution is 7.80. The van der Waals surface area contributed by atoms with Crippen molar-refractivity contribution in [2.45, 2.75) is 26.5 Å². The van der Waals surface area contributed by atoms with E-state index in [1.807, 2.05) is 56.3 Å². The van der Waals surface area contributed by atoms with Crippen LogP contribution >= 0.6 is 23.8 Å². The third-order valence-electron chi connectivity index (χ3n) is 3.33. The van der Waals surface area contributed by atoms with Crippen LogP contribution in [0.3, 0.4) is 0 Å². The number of halogens is 1. The Morgan fingerprint density at radius 3 is 2.69 bits per heavy atom. The monoisotopic (exact) mass is 391 g/mol. The van der Waals surface area contributed by atoms with Gasteiger partial charge in [0.15, 0.2) is 16.6 Å². The topological polar surface area (TPSA) is 54.9 Å². The van der Waals surface area contributed by atoms with Gasteiger partial charge in [0.25, 0.3) is 0 Å². The molecule has 138 valence electrons. The molecular weight excluding hydrogens is 370 g/mol. The van der Waals surface area contributed by atoms with Crippen molar-refractivity contribution in [3.63, 3.8) is 0 Å². The lowest BCUT2D eigenvalue weighted by Gasteiger charge is -2.12. The van der Waals surface area contributed by atoms with Crippen LogP contribution in [0.15, 0.2) is 47.6 Å². The molecule has 0 spiro atoms. The second kappa shape index (κ2) is 9.99. The predicted molar refractivity (Wildman–Crippen MR) is 110 cm³/mol. The first-order chi connectivity index (χ1) is 12.5. The van der Waals surface area contributed by atoms with Gasteiger partial charge in [-0.2, -0.15) is 5.10 Å². The smallest absolute Gasteiger partial charge is 0.187 e. The SMILES string of the molecule is COc1cc(C=NNC(=S)NC(C)C)ccc1OCc1ccccc1Cl. The minimum Gasteiger partial charge on any atom is -0.493 e. The van der Waals surface area contributed by atoms with Crippen molar-refractivity contribution in [2.24, 2.45) is 5.10 Å². The summed E-state index contributed by atoms with van der Waals surface area (Å²) in [5.41, 5.74) is 4.54. The molecule has 0 aromatic heterocycles. The van der Waals surface area contributed by atoms with Crippen LogP contribution in [0.1, 0.15) is 25.0 Å². The molecule has 2 aromatic rings. The van der Waals surface area contributed by atoms with E-state index in [-0.39, 0.29) is 6.04 Å². The zero-order valence-corrected chi connectivity index (χ0v) is 16.5. The van der Waals surface area contributed by atoms with Gasteiger partial charge in [0.1, 0.15) is 6.61 Å². The van der Waals surface area contributed by atoms with Crippen molar-refractivity contribution in [3.05, 3.63) is 58.6 Å². The molecule has 5 nitrogen and oxygen atoms in total. The molecule has 2 N–H and O–H groups in total. The molecular formula is C19H22ClN3O2S. The molecule has 26 heavy (non-hydrogen) atoms. The van der Waals surface area contributed by atoms with E-state index in [0.29, 0.717) is 28.2 Å². The summed E-state index contributed by atoms with van der Waals surface area (Å²) in [5.74, 6) is 1.25. The van der Waals surface area contributed by atoms with Crippen LogP contribution in [0, 0.1) is 0 Å². The Kier molecular flexibility index (Phi) is 7.69. The summed E-state index contributed by atoms with van der Waals surface area (Å²) in [7, 11) is 1.60. The lowest BCUT2D eigenvalue weighted by atomic mass is 10.2. The van der Waals surface area contributed by atoms with Crippen molar-refractivity contribution in [1.29, 1.82) is 0 Å². The summed E-state index contributed by atoms with van der Waals surface area (Å²) >= 11 is 11.3. The average Bonchev–Trinajstić information content (AvgIpc) is 2.61. The van der Waals surface area contributed by atoms with Gasteiger partial charge in [0.05, 0.1) is 13.3 Å². The fourth-order valence-electron chi connectivity index (χ4n) is 2.11. The molecule has 0 saturated carbocycles. The van der Waals surface area contributed by atoms with Gasteiger partial charge >= 0.3 is 0 Å². The molecule has 0 aliphatic heterocycles. The first-order valence-corrected chi connectivity index (χ1v) is 8.92. The maximum atomic E-state index is 6.15. The minimum atomic E-state index is 0.250. The Morgan fingerprint density at radius 1 is 1.23 bits per heavy atom. The van der Waals surface area contributed by atoms with E-state index in [4.69, 9.17) is 33.3 Å². The Labute approximate surface area is 164 Å². The second-order valence-electron chi connectivity index (χ2n) is 5.79. The summed E-state index contributed by atoms with van der Waals surface area (Å²) in [5, 5.41) is 8.31.